The van der Waals surface area contributed by atoms with Crippen molar-refractivity contribution >= 4 is 5.78 Å². The Labute approximate surface area is 208 Å². The molecule has 2 aromatic carbocycles. The van der Waals surface area contributed by atoms with Crippen molar-refractivity contribution in [1.82, 2.24) is 20.4 Å². The molecule has 2 N–H and O–H groups in total. The van der Waals surface area contributed by atoms with Crippen LogP contribution in [0.4, 0.5) is 0 Å². The molecule has 9 heteroatoms. The minimum absolute atomic E-state index is 0.0548. The zero-order valence-corrected chi connectivity index (χ0v) is 20.3. The molecule has 2 atom stereocenters. The van der Waals surface area contributed by atoms with Crippen LogP contribution in [0.25, 0.3) is 0 Å². The molecule has 9 nitrogen and oxygen atoms in total. The van der Waals surface area contributed by atoms with Crippen molar-refractivity contribution in [2.24, 2.45) is 0 Å². The van der Waals surface area contributed by atoms with Crippen LogP contribution in [-0.4, -0.2) is 36.4 Å². The zero-order valence-electron chi connectivity index (χ0n) is 20.3. The maximum Gasteiger partial charge on any atom is 0.281 e. The number of hydrogen-bond acceptors (Lipinski definition) is 9. The highest BCUT2D eigenvalue weighted by Gasteiger charge is 2.27. The Morgan fingerprint density at radius 3 is 1.44 bits per heavy atom. The number of rotatable bonds is 8. The highest BCUT2D eigenvalue weighted by atomic mass is 16.5. The first-order valence-electron chi connectivity index (χ1n) is 11.4. The SMILES string of the molecule is Cc1ccccc1Oc1nnc(C(C)C(=O)C(C)c2cc(O)c(Oc3ccccc3C)nn2)cc1O. The molecule has 0 aliphatic carbocycles. The molecule has 2 unspecified atom stereocenters. The maximum absolute atomic E-state index is 13.1. The van der Waals surface area contributed by atoms with Crippen LogP contribution in [0.15, 0.2) is 60.7 Å². The van der Waals surface area contributed by atoms with Crippen LogP contribution in [0.3, 0.4) is 0 Å². The van der Waals surface area contributed by atoms with Gasteiger partial charge in [-0.2, -0.15) is 10.2 Å². The molecule has 0 fully saturated rings. The summed E-state index contributed by atoms with van der Waals surface area (Å²) in [7, 11) is 0. The third-order valence-electron chi connectivity index (χ3n) is 5.86. The number of nitrogens with zero attached hydrogens (tertiary/aromatic N) is 4. The third kappa shape index (κ3) is 5.25. The third-order valence-corrected chi connectivity index (χ3v) is 5.86. The van der Waals surface area contributed by atoms with Gasteiger partial charge in [-0.05, 0) is 51.0 Å². The summed E-state index contributed by atoms with van der Waals surface area (Å²) in [6.45, 7) is 7.07. The van der Waals surface area contributed by atoms with Gasteiger partial charge in [0, 0.05) is 12.1 Å². The molecule has 0 saturated carbocycles. The minimum atomic E-state index is -0.710. The van der Waals surface area contributed by atoms with Crippen molar-refractivity contribution in [3.8, 4) is 34.8 Å². The normalized spacial score (nSPS) is 12.6. The lowest BCUT2D eigenvalue weighted by Crippen LogP contribution is -2.19. The average Bonchev–Trinajstić information content (AvgIpc) is 2.87. The number of aromatic hydroxyl groups is 2. The summed E-state index contributed by atoms with van der Waals surface area (Å²) in [6.07, 6.45) is 0. The summed E-state index contributed by atoms with van der Waals surface area (Å²) in [5, 5.41) is 37.0. The van der Waals surface area contributed by atoms with E-state index >= 15 is 0 Å². The van der Waals surface area contributed by atoms with Gasteiger partial charge < -0.3 is 19.7 Å². The van der Waals surface area contributed by atoms with E-state index in [0.717, 1.165) is 11.1 Å². The quantitative estimate of drug-likeness (QED) is 0.338. The molecule has 2 aromatic heterocycles. The van der Waals surface area contributed by atoms with E-state index in [0.29, 0.717) is 11.5 Å². The van der Waals surface area contributed by atoms with Crippen molar-refractivity contribution in [3.05, 3.63) is 83.2 Å². The second kappa shape index (κ2) is 10.4. The summed E-state index contributed by atoms with van der Waals surface area (Å²) in [6, 6.07) is 17.3. The number of para-hydroxylation sites is 2. The van der Waals surface area contributed by atoms with E-state index in [-0.39, 0.29) is 40.4 Å². The summed E-state index contributed by atoms with van der Waals surface area (Å²) >= 11 is 0. The first-order chi connectivity index (χ1) is 17.2. The summed E-state index contributed by atoms with van der Waals surface area (Å²) < 4.78 is 11.3. The Morgan fingerprint density at radius 2 is 1.08 bits per heavy atom. The molecule has 0 bridgehead atoms. The minimum Gasteiger partial charge on any atom is -0.503 e. The van der Waals surface area contributed by atoms with Crippen LogP contribution in [0.5, 0.6) is 34.8 Å². The van der Waals surface area contributed by atoms with E-state index in [1.54, 1.807) is 26.0 Å². The van der Waals surface area contributed by atoms with Crippen molar-refractivity contribution in [2.75, 3.05) is 0 Å². The average molecular weight is 487 g/mol. The fourth-order valence-corrected chi connectivity index (χ4v) is 3.56. The maximum atomic E-state index is 13.1. The van der Waals surface area contributed by atoms with E-state index in [9.17, 15) is 15.0 Å². The molecule has 184 valence electrons. The van der Waals surface area contributed by atoms with E-state index < -0.39 is 11.8 Å². The summed E-state index contributed by atoms with van der Waals surface area (Å²) in [5.41, 5.74) is 2.30. The second-order valence-electron chi connectivity index (χ2n) is 8.50. The van der Waals surface area contributed by atoms with Crippen LogP contribution in [0, 0.1) is 13.8 Å². The lowest BCUT2D eigenvalue weighted by atomic mass is 9.90. The van der Waals surface area contributed by atoms with Gasteiger partial charge in [0.25, 0.3) is 11.8 Å². The van der Waals surface area contributed by atoms with Crippen LogP contribution in [0.2, 0.25) is 0 Å². The largest absolute Gasteiger partial charge is 0.503 e. The van der Waals surface area contributed by atoms with Gasteiger partial charge in [-0.25, -0.2) is 0 Å². The van der Waals surface area contributed by atoms with E-state index in [1.807, 2.05) is 50.2 Å². The van der Waals surface area contributed by atoms with E-state index in [2.05, 4.69) is 20.4 Å². The molecule has 0 radical (unpaired) electrons. The number of aryl methyl sites for hydroxylation is 2. The van der Waals surface area contributed by atoms with Gasteiger partial charge in [-0.1, -0.05) is 36.4 Å². The predicted octanol–water partition coefficient (Wildman–Crippen LogP) is 5.36. The first-order valence-corrected chi connectivity index (χ1v) is 11.4. The smallest absolute Gasteiger partial charge is 0.281 e. The Bertz CT molecular complexity index is 1300. The van der Waals surface area contributed by atoms with Gasteiger partial charge in [0.1, 0.15) is 11.5 Å². The molecule has 4 aromatic rings. The van der Waals surface area contributed by atoms with Crippen LogP contribution >= 0.6 is 0 Å². The monoisotopic (exact) mass is 486 g/mol. The van der Waals surface area contributed by atoms with Gasteiger partial charge in [0.15, 0.2) is 17.3 Å². The van der Waals surface area contributed by atoms with Crippen molar-refractivity contribution < 1.29 is 24.5 Å². The van der Waals surface area contributed by atoms with Crippen LogP contribution < -0.4 is 9.47 Å². The number of Topliss-reactive ketones (excluding diaryl/α,β-unsaturated/α-hetero) is 1. The molecule has 36 heavy (non-hydrogen) atoms. The van der Waals surface area contributed by atoms with Gasteiger partial charge in [0.05, 0.1) is 23.2 Å². The van der Waals surface area contributed by atoms with Crippen LogP contribution in [-0.2, 0) is 4.79 Å². The molecule has 0 spiro atoms. The number of carbonyl (C=O) groups is 1. The standard InChI is InChI=1S/C27H26N4O5/c1-15-9-5-7-11-23(15)35-26-21(32)13-19(28-30-26)17(3)25(34)18(4)20-14-22(33)27(31-29-20)36-24-12-8-6-10-16(24)2/h5-14,17-18H,1-4H3,(H,28,32)(H,29,33). The Kier molecular flexibility index (Phi) is 7.10. The number of carbonyl (C=O) groups excluding carboxylic acids is 1. The van der Waals surface area contributed by atoms with Crippen molar-refractivity contribution in [3.63, 3.8) is 0 Å². The van der Waals surface area contributed by atoms with Crippen molar-refractivity contribution in [2.45, 2.75) is 39.5 Å². The Hall–Kier alpha value is -4.53. The molecule has 0 aliphatic heterocycles. The highest BCUT2D eigenvalue weighted by Crippen LogP contribution is 2.34. The summed E-state index contributed by atoms with van der Waals surface area (Å²) in [4.78, 5) is 13.1. The zero-order chi connectivity index (χ0) is 25.8. The van der Waals surface area contributed by atoms with Gasteiger partial charge in [-0.3, -0.25) is 4.79 Å². The molecular weight excluding hydrogens is 460 g/mol. The lowest BCUT2D eigenvalue weighted by molar-refractivity contribution is -0.121. The van der Waals surface area contributed by atoms with E-state index in [1.165, 1.54) is 12.1 Å². The lowest BCUT2D eigenvalue weighted by Gasteiger charge is -2.16. The number of ketones is 1. The highest BCUT2D eigenvalue weighted by molar-refractivity contribution is 5.90. The van der Waals surface area contributed by atoms with E-state index in [4.69, 9.17) is 9.47 Å². The van der Waals surface area contributed by atoms with Gasteiger partial charge >= 0.3 is 0 Å². The first kappa shape index (κ1) is 24.6. The second-order valence-corrected chi connectivity index (χ2v) is 8.50. The Balaban J connectivity index is 1.48. The molecule has 2 heterocycles. The molecule has 0 amide bonds. The summed E-state index contributed by atoms with van der Waals surface area (Å²) in [5.74, 6) is -1.15. The molecule has 4 rings (SSSR count). The predicted molar refractivity (Wildman–Crippen MR) is 132 cm³/mol. The molecule has 0 aliphatic rings. The number of hydrogen-bond donors (Lipinski definition) is 2. The topological polar surface area (TPSA) is 128 Å². The van der Waals surface area contributed by atoms with Gasteiger partial charge in [0.2, 0.25) is 0 Å². The van der Waals surface area contributed by atoms with Gasteiger partial charge in [-0.15, -0.1) is 10.2 Å². The number of aromatic nitrogens is 4. The fraction of sp³-hybridized carbons (Fsp3) is 0.222. The molecular formula is C27H26N4O5. The number of benzene rings is 2. The number of ether oxygens (including phenoxy) is 2. The Morgan fingerprint density at radius 1 is 0.694 bits per heavy atom. The molecule has 0 saturated heterocycles. The van der Waals surface area contributed by atoms with Crippen molar-refractivity contribution in [1.29, 1.82) is 0 Å². The fourth-order valence-electron chi connectivity index (χ4n) is 3.56. The van der Waals surface area contributed by atoms with Crippen LogP contribution in [0.1, 0.15) is 48.2 Å².